The lowest BCUT2D eigenvalue weighted by Crippen LogP contribution is -2.38. The van der Waals surface area contributed by atoms with Crippen molar-refractivity contribution in [2.75, 3.05) is 23.0 Å². The number of amidine groups is 1. The molecule has 0 saturated carbocycles. The molecule has 3 aliphatic heterocycles. The number of sulfone groups is 1. The van der Waals surface area contributed by atoms with Crippen molar-refractivity contribution in [1.29, 1.82) is 0 Å². The molecule has 128 valence electrons. The average molecular weight is 366 g/mol. The number of rotatable bonds is 2. The van der Waals surface area contributed by atoms with Crippen molar-refractivity contribution in [2.45, 2.75) is 30.2 Å². The topological polar surface area (TPSA) is 76.0 Å². The number of carbonyl (C=O) groups excluding carboxylic acids is 1. The monoisotopic (exact) mass is 366 g/mol. The third-order valence-electron chi connectivity index (χ3n) is 4.51. The molecule has 0 N–H and O–H groups in total. The van der Waals surface area contributed by atoms with Crippen LogP contribution in [0.25, 0.3) is 0 Å². The normalized spacial score (nSPS) is 33.1. The Morgan fingerprint density at radius 1 is 1.25 bits per heavy atom. The zero-order chi connectivity index (χ0) is 16.7. The Balaban J connectivity index is 1.67. The van der Waals surface area contributed by atoms with E-state index in [4.69, 9.17) is 4.74 Å². The summed E-state index contributed by atoms with van der Waals surface area (Å²) in [7, 11) is -3.04. The fourth-order valence-corrected chi connectivity index (χ4v) is 7.31. The van der Waals surface area contributed by atoms with Gasteiger partial charge in [0.05, 0.1) is 17.5 Å². The number of ether oxygens (including phenoxy) is 1. The molecule has 3 heterocycles. The summed E-state index contributed by atoms with van der Waals surface area (Å²) in [6.07, 6.45) is 1.12. The van der Waals surface area contributed by atoms with Crippen LogP contribution in [0.4, 0.5) is 5.69 Å². The van der Waals surface area contributed by atoms with Gasteiger partial charge in [-0.15, -0.1) is 0 Å². The predicted octanol–water partition coefficient (Wildman–Crippen LogP) is 1.47. The first kappa shape index (κ1) is 16.1. The summed E-state index contributed by atoms with van der Waals surface area (Å²) >= 11 is 1.39. The molecular formula is C16H18N2O4S2. The molecule has 0 spiro atoms. The van der Waals surface area contributed by atoms with Crippen LogP contribution in [-0.2, 0) is 19.4 Å². The molecule has 24 heavy (non-hydrogen) atoms. The summed E-state index contributed by atoms with van der Waals surface area (Å²) in [5, 5.41) is 0.512. The second-order valence-electron chi connectivity index (χ2n) is 6.24. The predicted molar refractivity (Wildman–Crippen MR) is 94.2 cm³/mol. The number of benzene rings is 1. The van der Waals surface area contributed by atoms with E-state index in [1.54, 1.807) is 0 Å². The molecule has 0 bridgehead atoms. The minimum Gasteiger partial charge on any atom is -0.368 e. The van der Waals surface area contributed by atoms with Gasteiger partial charge < -0.3 is 9.64 Å². The third kappa shape index (κ3) is 2.98. The summed E-state index contributed by atoms with van der Waals surface area (Å²) in [5.74, 6) is -0.0235. The Kier molecular flexibility index (Phi) is 4.14. The second-order valence-corrected chi connectivity index (χ2v) is 9.60. The molecule has 8 heteroatoms. The van der Waals surface area contributed by atoms with Gasteiger partial charge in [0.2, 0.25) is 0 Å². The minimum atomic E-state index is -3.04. The molecule has 0 aliphatic carbocycles. The van der Waals surface area contributed by atoms with Gasteiger partial charge >= 0.3 is 0 Å². The standard InChI is InChI=1S/C16H18N2O4S2/c19-15(13-7-4-8-22-13)17-16-18(11-5-2-1-3-6-11)12-9-24(20,21)10-14(12)23-16/h1-3,5-6,12-14H,4,7-10H2. The van der Waals surface area contributed by atoms with E-state index in [1.807, 2.05) is 35.2 Å². The maximum Gasteiger partial charge on any atom is 0.277 e. The Morgan fingerprint density at radius 2 is 2.04 bits per heavy atom. The number of hydrogen-bond acceptors (Lipinski definition) is 5. The highest BCUT2D eigenvalue weighted by atomic mass is 32.2. The van der Waals surface area contributed by atoms with Gasteiger partial charge in [0.15, 0.2) is 15.0 Å². The van der Waals surface area contributed by atoms with Gasteiger partial charge in [-0.1, -0.05) is 30.0 Å². The number of anilines is 1. The zero-order valence-corrected chi connectivity index (χ0v) is 14.6. The Bertz CT molecular complexity index is 773. The molecule has 0 radical (unpaired) electrons. The molecule has 3 unspecified atom stereocenters. The van der Waals surface area contributed by atoms with Gasteiger partial charge in [0.1, 0.15) is 6.10 Å². The summed E-state index contributed by atoms with van der Waals surface area (Å²) < 4.78 is 29.4. The summed E-state index contributed by atoms with van der Waals surface area (Å²) in [6.45, 7) is 0.598. The van der Waals surface area contributed by atoms with E-state index in [-0.39, 0.29) is 28.7 Å². The molecule has 0 aromatic heterocycles. The molecule has 6 nitrogen and oxygen atoms in total. The zero-order valence-electron chi connectivity index (χ0n) is 13.0. The minimum absolute atomic E-state index is 0.0775. The van der Waals surface area contributed by atoms with Crippen molar-refractivity contribution in [2.24, 2.45) is 4.99 Å². The van der Waals surface area contributed by atoms with E-state index in [0.29, 0.717) is 18.2 Å². The van der Waals surface area contributed by atoms with Gasteiger partial charge in [-0.05, 0) is 25.0 Å². The van der Waals surface area contributed by atoms with Crippen molar-refractivity contribution in [1.82, 2.24) is 0 Å². The van der Waals surface area contributed by atoms with Gasteiger partial charge in [0.25, 0.3) is 5.91 Å². The first-order valence-electron chi connectivity index (χ1n) is 7.99. The summed E-state index contributed by atoms with van der Waals surface area (Å²) in [6, 6.07) is 9.37. The van der Waals surface area contributed by atoms with Crippen LogP contribution >= 0.6 is 11.8 Å². The lowest BCUT2D eigenvalue weighted by atomic mass is 10.2. The number of fused-ring (bicyclic) bond motifs is 1. The van der Waals surface area contributed by atoms with Crippen LogP contribution in [0.3, 0.4) is 0 Å². The highest BCUT2D eigenvalue weighted by Gasteiger charge is 2.49. The fraction of sp³-hybridized carbons (Fsp3) is 0.500. The third-order valence-corrected chi connectivity index (χ3v) is 7.72. The maximum atomic E-state index is 12.4. The Morgan fingerprint density at radius 3 is 2.75 bits per heavy atom. The number of carbonyl (C=O) groups is 1. The van der Waals surface area contributed by atoms with Crippen LogP contribution in [0.15, 0.2) is 35.3 Å². The number of aliphatic imine (C=N–C) groups is 1. The molecule has 3 atom stereocenters. The van der Waals surface area contributed by atoms with Crippen LogP contribution < -0.4 is 4.90 Å². The van der Waals surface area contributed by atoms with Gasteiger partial charge in [0, 0.05) is 17.5 Å². The van der Waals surface area contributed by atoms with Crippen LogP contribution in [-0.4, -0.2) is 55.0 Å². The smallest absolute Gasteiger partial charge is 0.277 e. The lowest BCUT2D eigenvalue weighted by Gasteiger charge is -2.24. The highest BCUT2D eigenvalue weighted by Crippen LogP contribution is 2.41. The molecule has 1 aromatic carbocycles. The van der Waals surface area contributed by atoms with Crippen molar-refractivity contribution in [3.8, 4) is 0 Å². The molecule has 4 rings (SSSR count). The first-order valence-corrected chi connectivity index (χ1v) is 10.7. The van der Waals surface area contributed by atoms with E-state index in [9.17, 15) is 13.2 Å². The van der Waals surface area contributed by atoms with Gasteiger partial charge in [-0.3, -0.25) is 4.79 Å². The van der Waals surface area contributed by atoms with E-state index >= 15 is 0 Å². The van der Waals surface area contributed by atoms with Crippen molar-refractivity contribution in [3.63, 3.8) is 0 Å². The lowest BCUT2D eigenvalue weighted by molar-refractivity contribution is -0.126. The highest BCUT2D eigenvalue weighted by molar-refractivity contribution is 8.16. The van der Waals surface area contributed by atoms with Crippen molar-refractivity contribution in [3.05, 3.63) is 30.3 Å². The van der Waals surface area contributed by atoms with Crippen LogP contribution in [0.2, 0.25) is 0 Å². The average Bonchev–Trinajstić information content (AvgIpc) is 3.22. The summed E-state index contributed by atoms with van der Waals surface area (Å²) in [4.78, 5) is 18.6. The first-order chi connectivity index (χ1) is 11.5. The van der Waals surface area contributed by atoms with Gasteiger partial charge in [-0.25, -0.2) is 8.42 Å². The molecule has 1 amide bonds. The van der Waals surface area contributed by atoms with E-state index in [1.165, 1.54) is 11.8 Å². The van der Waals surface area contributed by atoms with Crippen LogP contribution in [0.5, 0.6) is 0 Å². The van der Waals surface area contributed by atoms with E-state index in [0.717, 1.165) is 12.1 Å². The summed E-state index contributed by atoms with van der Waals surface area (Å²) in [5.41, 5.74) is 0.869. The molecular weight excluding hydrogens is 348 g/mol. The largest absolute Gasteiger partial charge is 0.368 e. The van der Waals surface area contributed by atoms with Crippen molar-refractivity contribution >= 4 is 38.4 Å². The van der Waals surface area contributed by atoms with E-state index < -0.39 is 15.9 Å². The van der Waals surface area contributed by atoms with Crippen LogP contribution in [0.1, 0.15) is 12.8 Å². The van der Waals surface area contributed by atoms with Crippen LogP contribution in [0, 0.1) is 0 Å². The molecule has 3 saturated heterocycles. The number of thioether (sulfide) groups is 1. The fourth-order valence-electron chi connectivity index (χ4n) is 3.39. The molecule has 1 aromatic rings. The Labute approximate surface area is 145 Å². The number of nitrogens with zero attached hydrogens (tertiary/aromatic N) is 2. The Hall–Kier alpha value is -1.38. The quantitative estimate of drug-likeness (QED) is 0.789. The van der Waals surface area contributed by atoms with Gasteiger partial charge in [-0.2, -0.15) is 4.99 Å². The molecule has 3 fully saturated rings. The number of amides is 1. The molecule has 3 aliphatic rings. The van der Waals surface area contributed by atoms with E-state index in [2.05, 4.69) is 4.99 Å². The SMILES string of the molecule is O=C(N=C1SC2CS(=O)(=O)CC2N1c1ccccc1)C1CCCO1. The number of para-hydroxylation sites is 1. The maximum absolute atomic E-state index is 12.4. The number of hydrogen-bond donors (Lipinski definition) is 0. The second kappa shape index (κ2) is 6.16. The van der Waals surface area contributed by atoms with Crippen molar-refractivity contribution < 1.29 is 17.9 Å².